The molecule has 0 aromatic carbocycles. The molecule has 1 aliphatic heterocycles. The Morgan fingerprint density at radius 3 is 2.92 bits per heavy atom. The van der Waals surface area contributed by atoms with Gasteiger partial charge in [0.2, 0.25) is 11.8 Å². The fourth-order valence-electron chi connectivity index (χ4n) is 3.87. The Morgan fingerprint density at radius 1 is 1.38 bits per heavy atom. The van der Waals surface area contributed by atoms with Crippen LogP contribution in [0, 0.1) is 5.92 Å². The Labute approximate surface area is 143 Å². The summed E-state index contributed by atoms with van der Waals surface area (Å²) in [5.74, 6) is 0.381. The van der Waals surface area contributed by atoms with Crippen LogP contribution in [0.3, 0.4) is 0 Å². The van der Waals surface area contributed by atoms with Gasteiger partial charge in [-0.1, -0.05) is 19.8 Å². The molecule has 0 saturated heterocycles. The number of ether oxygens (including phenoxy) is 1. The van der Waals surface area contributed by atoms with Crippen molar-refractivity contribution in [2.75, 3.05) is 20.3 Å². The summed E-state index contributed by atoms with van der Waals surface area (Å²) >= 11 is 0. The third-order valence-corrected chi connectivity index (χ3v) is 5.31. The fourth-order valence-corrected chi connectivity index (χ4v) is 3.87. The van der Waals surface area contributed by atoms with Crippen molar-refractivity contribution in [2.24, 2.45) is 5.92 Å². The zero-order chi connectivity index (χ0) is 17.1. The number of hydrogen-bond donors (Lipinski definition) is 1. The van der Waals surface area contributed by atoms with E-state index in [1.165, 1.54) is 6.42 Å². The number of nitrogens with zero attached hydrogens (tertiary/aromatic N) is 2. The summed E-state index contributed by atoms with van der Waals surface area (Å²) in [7, 11) is 1.61. The van der Waals surface area contributed by atoms with Crippen molar-refractivity contribution < 1.29 is 14.3 Å². The molecule has 2 aliphatic rings. The number of rotatable bonds is 5. The zero-order valence-corrected chi connectivity index (χ0v) is 14.5. The Hall–Kier alpha value is -1.82. The van der Waals surface area contributed by atoms with Crippen LogP contribution in [-0.4, -0.2) is 47.6 Å². The second-order valence-corrected chi connectivity index (χ2v) is 6.92. The lowest BCUT2D eigenvalue weighted by molar-refractivity contribution is -0.145. The second-order valence-electron chi connectivity index (χ2n) is 6.92. The second kappa shape index (κ2) is 7.38. The lowest BCUT2D eigenvalue weighted by Crippen LogP contribution is -2.52. The van der Waals surface area contributed by atoms with E-state index in [1.807, 2.05) is 22.9 Å². The third-order valence-electron chi connectivity index (χ3n) is 5.31. The normalized spacial score (nSPS) is 27.0. The van der Waals surface area contributed by atoms with Gasteiger partial charge in [-0.15, -0.1) is 0 Å². The molecule has 0 bridgehead atoms. The number of hydrogen-bond acceptors (Lipinski definition) is 3. The topological polar surface area (TPSA) is 63.6 Å². The summed E-state index contributed by atoms with van der Waals surface area (Å²) in [6, 6.07) is 3.47. The molecule has 3 unspecified atom stereocenters. The van der Waals surface area contributed by atoms with Crippen LogP contribution in [0.15, 0.2) is 18.3 Å². The van der Waals surface area contributed by atoms with Crippen molar-refractivity contribution in [3.63, 3.8) is 0 Å². The van der Waals surface area contributed by atoms with Gasteiger partial charge >= 0.3 is 0 Å². The molecule has 1 N–H and O–H groups in total. The van der Waals surface area contributed by atoms with Crippen LogP contribution in [0.1, 0.15) is 44.3 Å². The molecule has 2 heterocycles. The van der Waals surface area contributed by atoms with Gasteiger partial charge < -0.3 is 19.5 Å². The van der Waals surface area contributed by atoms with Crippen molar-refractivity contribution >= 4 is 11.8 Å². The Bertz CT molecular complexity index is 598. The van der Waals surface area contributed by atoms with Gasteiger partial charge in [0.1, 0.15) is 6.54 Å². The lowest BCUT2D eigenvalue weighted by Gasteiger charge is -2.38. The van der Waals surface area contributed by atoms with E-state index in [9.17, 15) is 9.59 Å². The molecular formula is C18H27N3O3. The van der Waals surface area contributed by atoms with Crippen molar-refractivity contribution in [3.05, 3.63) is 24.0 Å². The van der Waals surface area contributed by atoms with Gasteiger partial charge in [0.15, 0.2) is 6.04 Å². The summed E-state index contributed by atoms with van der Waals surface area (Å²) in [5.41, 5.74) is 0.881. The number of aromatic nitrogens is 1. The molecule has 2 amide bonds. The zero-order valence-electron chi connectivity index (χ0n) is 14.5. The highest BCUT2D eigenvalue weighted by Gasteiger charge is 2.38. The molecule has 1 aliphatic carbocycles. The van der Waals surface area contributed by atoms with Crippen LogP contribution < -0.4 is 5.32 Å². The van der Waals surface area contributed by atoms with E-state index in [-0.39, 0.29) is 24.4 Å². The van der Waals surface area contributed by atoms with Gasteiger partial charge in [-0.25, -0.2) is 0 Å². The average molecular weight is 333 g/mol. The molecular weight excluding hydrogens is 306 g/mol. The van der Waals surface area contributed by atoms with Gasteiger partial charge in [0.25, 0.3) is 0 Å². The highest BCUT2D eigenvalue weighted by molar-refractivity contribution is 5.90. The summed E-state index contributed by atoms with van der Waals surface area (Å²) in [5, 5.41) is 3.21. The molecule has 3 atom stereocenters. The number of amides is 2. The first-order valence-corrected chi connectivity index (χ1v) is 8.85. The third kappa shape index (κ3) is 3.34. The maximum absolute atomic E-state index is 13.0. The van der Waals surface area contributed by atoms with Gasteiger partial charge in [-0.2, -0.15) is 0 Å². The Kier molecular flexibility index (Phi) is 5.23. The highest BCUT2D eigenvalue weighted by atomic mass is 16.5. The lowest BCUT2D eigenvalue weighted by atomic mass is 9.85. The van der Waals surface area contributed by atoms with Gasteiger partial charge in [-0.05, 0) is 30.9 Å². The first-order valence-electron chi connectivity index (χ1n) is 8.85. The van der Waals surface area contributed by atoms with Crippen LogP contribution in [0.5, 0.6) is 0 Å². The molecule has 1 saturated carbocycles. The van der Waals surface area contributed by atoms with E-state index in [0.717, 1.165) is 25.0 Å². The highest BCUT2D eigenvalue weighted by Crippen LogP contribution is 2.29. The van der Waals surface area contributed by atoms with E-state index < -0.39 is 6.04 Å². The van der Waals surface area contributed by atoms with E-state index in [4.69, 9.17) is 4.74 Å². The molecule has 3 rings (SSSR count). The van der Waals surface area contributed by atoms with Gasteiger partial charge in [-0.3, -0.25) is 9.59 Å². The van der Waals surface area contributed by atoms with Crippen LogP contribution in [0.4, 0.5) is 0 Å². The maximum Gasteiger partial charge on any atom is 0.249 e. The van der Waals surface area contributed by atoms with E-state index in [2.05, 4.69) is 12.2 Å². The van der Waals surface area contributed by atoms with Crippen LogP contribution >= 0.6 is 0 Å². The van der Waals surface area contributed by atoms with E-state index >= 15 is 0 Å². The summed E-state index contributed by atoms with van der Waals surface area (Å²) in [6.45, 7) is 3.34. The SMILES string of the molecule is COCCN1C(=O)Cn2cccc2C1C(=O)NC1CCCCC1C. The Balaban J connectivity index is 1.81. The molecule has 132 valence electrons. The number of nitrogens with one attached hydrogen (secondary N) is 1. The molecule has 1 fully saturated rings. The molecule has 1 aromatic heterocycles. The molecule has 24 heavy (non-hydrogen) atoms. The standard InChI is InChI=1S/C18H27N3O3/c1-13-6-3-4-7-14(13)19-18(23)17-15-8-5-9-20(15)12-16(22)21(17)10-11-24-2/h5,8-9,13-14,17H,3-4,6-7,10-12H2,1-2H3,(H,19,23). The maximum atomic E-state index is 13.0. The predicted octanol–water partition coefficient (Wildman–Crippen LogP) is 1.71. The molecule has 0 spiro atoms. The van der Waals surface area contributed by atoms with Crippen molar-refractivity contribution in [1.82, 2.24) is 14.8 Å². The summed E-state index contributed by atoms with van der Waals surface area (Å²) in [4.78, 5) is 27.2. The first kappa shape index (κ1) is 17.0. The average Bonchev–Trinajstić information content (AvgIpc) is 3.02. The van der Waals surface area contributed by atoms with Crippen molar-refractivity contribution in [3.8, 4) is 0 Å². The predicted molar refractivity (Wildman–Crippen MR) is 90.3 cm³/mol. The minimum Gasteiger partial charge on any atom is -0.383 e. The number of methoxy groups -OCH3 is 1. The van der Waals surface area contributed by atoms with Crippen LogP contribution in [-0.2, 0) is 20.9 Å². The van der Waals surface area contributed by atoms with Crippen LogP contribution in [0.25, 0.3) is 0 Å². The minimum absolute atomic E-state index is 0.0346. The monoisotopic (exact) mass is 333 g/mol. The summed E-state index contributed by atoms with van der Waals surface area (Å²) in [6.07, 6.45) is 6.43. The molecule has 0 radical (unpaired) electrons. The summed E-state index contributed by atoms with van der Waals surface area (Å²) < 4.78 is 7.00. The van der Waals surface area contributed by atoms with E-state index in [0.29, 0.717) is 19.1 Å². The minimum atomic E-state index is -0.564. The van der Waals surface area contributed by atoms with Gasteiger partial charge in [0.05, 0.1) is 12.3 Å². The molecule has 6 heteroatoms. The molecule has 6 nitrogen and oxygen atoms in total. The van der Waals surface area contributed by atoms with E-state index in [1.54, 1.807) is 12.0 Å². The number of fused-ring (bicyclic) bond motifs is 1. The van der Waals surface area contributed by atoms with Crippen LogP contribution in [0.2, 0.25) is 0 Å². The number of carbonyl (C=O) groups excluding carboxylic acids is 2. The van der Waals surface area contributed by atoms with Crippen molar-refractivity contribution in [2.45, 2.75) is 51.2 Å². The smallest absolute Gasteiger partial charge is 0.249 e. The van der Waals surface area contributed by atoms with Crippen molar-refractivity contribution in [1.29, 1.82) is 0 Å². The van der Waals surface area contributed by atoms with Gasteiger partial charge in [0, 0.05) is 25.9 Å². The quantitative estimate of drug-likeness (QED) is 0.892. The molecule has 1 aromatic rings. The Morgan fingerprint density at radius 2 is 2.17 bits per heavy atom. The fraction of sp³-hybridized carbons (Fsp3) is 0.667. The largest absolute Gasteiger partial charge is 0.383 e. The first-order chi connectivity index (χ1) is 11.6. The number of carbonyl (C=O) groups is 2.